The zero-order valence-corrected chi connectivity index (χ0v) is 10.0. The van der Waals surface area contributed by atoms with E-state index in [1.165, 1.54) is 0 Å². The number of aromatic carboxylic acids is 1. The highest BCUT2D eigenvalue weighted by molar-refractivity contribution is 5.88. The van der Waals surface area contributed by atoms with Gasteiger partial charge in [-0.15, -0.1) is 0 Å². The van der Waals surface area contributed by atoms with Gasteiger partial charge in [-0.2, -0.15) is 5.26 Å². The van der Waals surface area contributed by atoms with Crippen molar-refractivity contribution >= 4 is 11.7 Å². The second-order valence-corrected chi connectivity index (χ2v) is 3.71. The van der Waals surface area contributed by atoms with Crippen LogP contribution in [0.4, 0.5) is 5.69 Å². The molecule has 0 atom stereocenters. The van der Waals surface area contributed by atoms with Gasteiger partial charge in [-0.05, 0) is 18.9 Å². The first-order valence-corrected chi connectivity index (χ1v) is 5.57. The summed E-state index contributed by atoms with van der Waals surface area (Å²) in [5, 5.41) is 27.9. The Hall–Kier alpha value is -2.62. The third kappa shape index (κ3) is 4.27. The van der Waals surface area contributed by atoms with E-state index in [1.54, 1.807) is 0 Å². The number of rotatable bonds is 7. The van der Waals surface area contributed by atoms with E-state index in [-0.39, 0.29) is 23.6 Å². The molecular formula is C12H12N2O5. The number of nitriles is 1. The van der Waals surface area contributed by atoms with Crippen molar-refractivity contribution in [1.29, 1.82) is 5.26 Å². The molecule has 100 valence electrons. The summed E-state index contributed by atoms with van der Waals surface area (Å²) in [5.41, 5.74) is -0.345. The molecule has 0 saturated heterocycles. The molecule has 1 aromatic carbocycles. The van der Waals surface area contributed by atoms with E-state index < -0.39 is 10.9 Å². The van der Waals surface area contributed by atoms with E-state index in [0.29, 0.717) is 19.3 Å². The van der Waals surface area contributed by atoms with Gasteiger partial charge in [0.15, 0.2) is 5.75 Å². The van der Waals surface area contributed by atoms with Crippen molar-refractivity contribution in [2.75, 3.05) is 6.61 Å². The lowest BCUT2D eigenvalue weighted by atomic mass is 10.2. The van der Waals surface area contributed by atoms with Crippen LogP contribution >= 0.6 is 0 Å². The van der Waals surface area contributed by atoms with E-state index in [0.717, 1.165) is 18.2 Å². The SMILES string of the molecule is N#CCCCCOc1cc(C(=O)O)ccc1[N+](=O)[O-]. The first-order valence-electron chi connectivity index (χ1n) is 5.57. The number of hydrogen-bond acceptors (Lipinski definition) is 5. The van der Waals surface area contributed by atoms with Crippen molar-refractivity contribution in [3.8, 4) is 11.8 Å². The number of benzene rings is 1. The number of nitro benzene ring substituents is 1. The fourth-order valence-corrected chi connectivity index (χ4v) is 1.40. The molecule has 0 bridgehead atoms. The van der Waals surface area contributed by atoms with Gasteiger partial charge in [0.05, 0.1) is 23.2 Å². The molecule has 0 radical (unpaired) electrons. The van der Waals surface area contributed by atoms with Gasteiger partial charge in [-0.3, -0.25) is 10.1 Å². The molecule has 1 aromatic rings. The first-order chi connectivity index (χ1) is 9.06. The molecule has 0 amide bonds. The van der Waals surface area contributed by atoms with E-state index in [9.17, 15) is 14.9 Å². The summed E-state index contributed by atoms with van der Waals surface area (Å²) < 4.78 is 5.22. The van der Waals surface area contributed by atoms with Crippen LogP contribution in [0.1, 0.15) is 29.6 Å². The Morgan fingerprint density at radius 3 is 2.79 bits per heavy atom. The van der Waals surface area contributed by atoms with E-state index in [1.807, 2.05) is 6.07 Å². The third-order valence-corrected chi connectivity index (χ3v) is 2.34. The lowest BCUT2D eigenvalue weighted by Gasteiger charge is -2.06. The van der Waals surface area contributed by atoms with E-state index >= 15 is 0 Å². The minimum Gasteiger partial charge on any atom is -0.487 e. The Kier molecular flexibility index (Phi) is 5.29. The van der Waals surface area contributed by atoms with Gasteiger partial charge in [0, 0.05) is 18.6 Å². The molecule has 7 heteroatoms. The summed E-state index contributed by atoms with van der Waals surface area (Å²) in [7, 11) is 0. The van der Waals surface area contributed by atoms with Crippen molar-refractivity contribution < 1.29 is 19.6 Å². The topological polar surface area (TPSA) is 113 Å². The lowest BCUT2D eigenvalue weighted by molar-refractivity contribution is -0.385. The Bertz CT molecular complexity index is 521. The van der Waals surface area contributed by atoms with Crippen LogP contribution in [-0.2, 0) is 0 Å². The molecule has 1 rings (SSSR count). The van der Waals surface area contributed by atoms with Gasteiger partial charge in [0.25, 0.3) is 0 Å². The van der Waals surface area contributed by atoms with Crippen LogP contribution in [0.25, 0.3) is 0 Å². The van der Waals surface area contributed by atoms with Crippen LogP contribution in [0.15, 0.2) is 18.2 Å². The molecule has 0 fully saturated rings. The number of carbonyl (C=O) groups is 1. The zero-order chi connectivity index (χ0) is 14.3. The highest BCUT2D eigenvalue weighted by Gasteiger charge is 2.17. The quantitative estimate of drug-likeness (QED) is 0.459. The van der Waals surface area contributed by atoms with Crippen LogP contribution < -0.4 is 4.74 Å². The van der Waals surface area contributed by atoms with Gasteiger partial charge >= 0.3 is 11.7 Å². The minimum absolute atomic E-state index is 0.0677. The number of carboxylic acids is 1. The number of ether oxygens (including phenoxy) is 1. The summed E-state index contributed by atoms with van der Waals surface area (Å²) in [6.07, 6.45) is 1.59. The average Bonchev–Trinajstić information content (AvgIpc) is 2.38. The van der Waals surface area contributed by atoms with Crippen molar-refractivity contribution in [1.82, 2.24) is 0 Å². The highest BCUT2D eigenvalue weighted by Crippen LogP contribution is 2.28. The van der Waals surface area contributed by atoms with Crippen molar-refractivity contribution in [3.05, 3.63) is 33.9 Å². The molecule has 0 heterocycles. The second kappa shape index (κ2) is 6.96. The summed E-state index contributed by atoms with van der Waals surface area (Å²) in [5.74, 6) is -1.24. The Labute approximate surface area is 109 Å². The molecule has 0 aromatic heterocycles. The maximum Gasteiger partial charge on any atom is 0.335 e. The highest BCUT2D eigenvalue weighted by atomic mass is 16.6. The molecule has 0 aliphatic rings. The van der Waals surface area contributed by atoms with E-state index in [4.69, 9.17) is 15.1 Å². The van der Waals surface area contributed by atoms with Gasteiger partial charge in [-0.1, -0.05) is 0 Å². The Morgan fingerprint density at radius 1 is 1.47 bits per heavy atom. The summed E-state index contributed by atoms with van der Waals surface area (Å²) in [6.45, 7) is 0.200. The fraction of sp³-hybridized carbons (Fsp3) is 0.333. The first kappa shape index (κ1) is 14.4. The molecule has 1 N–H and O–H groups in total. The number of nitrogens with zero attached hydrogens (tertiary/aromatic N) is 2. The van der Waals surface area contributed by atoms with Gasteiger partial charge < -0.3 is 9.84 Å². The molecule has 0 aliphatic carbocycles. The largest absolute Gasteiger partial charge is 0.487 e. The predicted octanol–water partition coefficient (Wildman–Crippen LogP) is 2.37. The smallest absolute Gasteiger partial charge is 0.335 e. The number of unbranched alkanes of at least 4 members (excludes halogenated alkanes) is 2. The minimum atomic E-state index is -1.18. The number of carboxylic acid groups (broad SMARTS) is 1. The lowest BCUT2D eigenvalue weighted by Crippen LogP contribution is -2.03. The van der Waals surface area contributed by atoms with Gasteiger partial charge in [0.1, 0.15) is 0 Å². The van der Waals surface area contributed by atoms with Gasteiger partial charge in [-0.25, -0.2) is 4.79 Å². The molecule has 0 saturated carbocycles. The standard InChI is InChI=1S/C12H12N2O5/c13-6-2-1-3-7-19-11-8-9(12(15)16)4-5-10(11)14(17)18/h4-5,8H,1-3,7H2,(H,15,16). The Balaban J connectivity index is 2.78. The summed E-state index contributed by atoms with van der Waals surface area (Å²) in [6, 6.07) is 5.37. The maximum atomic E-state index is 10.8. The fourth-order valence-electron chi connectivity index (χ4n) is 1.40. The van der Waals surface area contributed by atoms with Crippen LogP contribution in [0, 0.1) is 21.4 Å². The van der Waals surface area contributed by atoms with Crippen molar-refractivity contribution in [2.24, 2.45) is 0 Å². The molecule has 7 nitrogen and oxygen atoms in total. The predicted molar refractivity (Wildman–Crippen MR) is 65.0 cm³/mol. The molecule has 19 heavy (non-hydrogen) atoms. The van der Waals surface area contributed by atoms with Crippen LogP contribution in [0.2, 0.25) is 0 Å². The molecule has 0 unspecified atom stereocenters. The molecule has 0 spiro atoms. The van der Waals surface area contributed by atoms with Crippen molar-refractivity contribution in [3.63, 3.8) is 0 Å². The second-order valence-electron chi connectivity index (χ2n) is 3.71. The van der Waals surface area contributed by atoms with Crippen LogP contribution in [0.3, 0.4) is 0 Å². The third-order valence-electron chi connectivity index (χ3n) is 2.34. The summed E-state index contributed by atoms with van der Waals surface area (Å²) >= 11 is 0. The number of hydrogen-bond donors (Lipinski definition) is 1. The maximum absolute atomic E-state index is 10.8. The molecular weight excluding hydrogens is 252 g/mol. The summed E-state index contributed by atoms with van der Waals surface area (Å²) in [4.78, 5) is 20.9. The Morgan fingerprint density at radius 2 is 2.21 bits per heavy atom. The number of nitro groups is 1. The van der Waals surface area contributed by atoms with E-state index in [2.05, 4.69) is 0 Å². The molecule has 0 aliphatic heterocycles. The van der Waals surface area contributed by atoms with Crippen LogP contribution in [0.5, 0.6) is 5.75 Å². The van der Waals surface area contributed by atoms with Gasteiger partial charge in [0.2, 0.25) is 0 Å². The normalized spacial score (nSPS) is 9.63. The van der Waals surface area contributed by atoms with Crippen molar-refractivity contribution in [2.45, 2.75) is 19.3 Å². The average molecular weight is 264 g/mol. The van der Waals surface area contributed by atoms with Crippen LogP contribution in [-0.4, -0.2) is 22.6 Å². The monoisotopic (exact) mass is 264 g/mol. The zero-order valence-electron chi connectivity index (χ0n) is 10.0.